The van der Waals surface area contributed by atoms with Gasteiger partial charge >= 0.3 is 6.18 Å². The van der Waals surface area contributed by atoms with Crippen LogP contribution < -0.4 is 0 Å². The smallest absolute Gasteiger partial charge is 0.367 e. The third-order valence-electron chi connectivity index (χ3n) is 2.39. The summed E-state index contributed by atoms with van der Waals surface area (Å²) in [5.41, 5.74) is -1.10. The van der Waals surface area contributed by atoms with E-state index in [1.54, 1.807) is 0 Å². The van der Waals surface area contributed by atoms with Gasteiger partial charge in [-0.15, -0.1) is 0 Å². The summed E-state index contributed by atoms with van der Waals surface area (Å²) in [6, 6.07) is 4.92. The molecule has 1 heterocycles. The molecule has 0 unspecified atom stereocenters. The molecular formula is C12H7BrF3NO. The fourth-order valence-electron chi connectivity index (χ4n) is 1.57. The van der Waals surface area contributed by atoms with E-state index in [9.17, 15) is 18.0 Å². The highest BCUT2D eigenvalue weighted by Crippen LogP contribution is 2.34. The van der Waals surface area contributed by atoms with Crippen molar-refractivity contribution in [2.45, 2.75) is 6.18 Å². The molecule has 0 radical (unpaired) electrons. The predicted octanol–water partition coefficient (Wildman–Crippen LogP) is 4.03. The molecule has 0 aliphatic heterocycles. The second kappa shape index (κ2) is 4.61. The normalized spacial score (nSPS) is 11.6. The van der Waals surface area contributed by atoms with Gasteiger partial charge in [-0.25, -0.2) is 0 Å². The van der Waals surface area contributed by atoms with Gasteiger partial charge in [-0.3, -0.25) is 4.79 Å². The third-order valence-corrected chi connectivity index (χ3v) is 2.89. The SMILES string of the molecule is O=C(c1cc[nH]c1)c1ccc(Br)cc1C(F)(F)F. The molecule has 0 aliphatic carbocycles. The topological polar surface area (TPSA) is 32.9 Å². The maximum absolute atomic E-state index is 12.8. The van der Waals surface area contributed by atoms with Crippen LogP contribution in [0.2, 0.25) is 0 Å². The van der Waals surface area contributed by atoms with Gasteiger partial charge in [-0.1, -0.05) is 15.9 Å². The van der Waals surface area contributed by atoms with Crippen molar-refractivity contribution in [1.82, 2.24) is 4.98 Å². The number of benzene rings is 1. The van der Waals surface area contributed by atoms with Gasteiger partial charge in [-0.05, 0) is 24.3 Å². The fraction of sp³-hybridized carbons (Fsp3) is 0.0833. The first-order valence-electron chi connectivity index (χ1n) is 4.94. The molecular weight excluding hydrogens is 311 g/mol. The largest absolute Gasteiger partial charge is 0.417 e. The van der Waals surface area contributed by atoms with Crippen LogP contribution in [-0.4, -0.2) is 10.8 Å². The Morgan fingerprint density at radius 3 is 2.50 bits per heavy atom. The predicted molar refractivity (Wildman–Crippen MR) is 63.4 cm³/mol. The number of rotatable bonds is 2. The summed E-state index contributed by atoms with van der Waals surface area (Å²) in [4.78, 5) is 14.6. The Labute approximate surface area is 109 Å². The zero-order chi connectivity index (χ0) is 13.3. The first-order valence-corrected chi connectivity index (χ1v) is 5.73. The summed E-state index contributed by atoms with van der Waals surface area (Å²) < 4.78 is 38.8. The number of carbonyl (C=O) groups excluding carboxylic acids is 1. The molecule has 0 bridgehead atoms. The molecule has 18 heavy (non-hydrogen) atoms. The lowest BCUT2D eigenvalue weighted by molar-refractivity contribution is -0.137. The molecule has 2 aromatic rings. The standard InChI is InChI=1S/C12H7BrF3NO/c13-8-1-2-9(10(5-8)12(14,15)16)11(18)7-3-4-17-6-7/h1-6,17H. The average molecular weight is 318 g/mol. The molecule has 0 spiro atoms. The molecule has 0 atom stereocenters. The molecule has 94 valence electrons. The first-order chi connectivity index (χ1) is 8.39. The van der Waals surface area contributed by atoms with Gasteiger partial charge < -0.3 is 4.98 Å². The molecule has 1 aromatic carbocycles. The molecule has 1 N–H and O–H groups in total. The van der Waals surface area contributed by atoms with Crippen molar-refractivity contribution in [3.05, 3.63) is 57.8 Å². The van der Waals surface area contributed by atoms with Gasteiger partial charge in [0.1, 0.15) is 0 Å². The fourth-order valence-corrected chi connectivity index (χ4v) is 1.93. The number of aromatic nitrogens is 1. The van der Waals surface area contributed by atoms with E-state index >= 15 is 0 Å². The minimum atomic E-state index is -4.56. The summed E-state index contributed by atoms with van der Waals surface area (Å²) in [7, 11) is 0. The monoisotopic (exact) mass is 317 g/mol. The number of carbonyl (C=O) groups is 1. The Bertz CT molecular complexity index is 576. The van der Waals surface area contributed by atoms with Gasteiger partial charge in [0.15, 0.2) is 5.78 Å². The van der Waals surface area contributed by atoms with E-state index in [-0.39, 0.29) is 15.6 Å². The second-order valence-corrected chi connectivity index (χ2v) is 4.53. The number of hydrogen-bond acceptors (Lipinski definition) is 1. The van der Waals surface area contributed by atoms with Gasteiger partial charge in [-0.2, -0.15) is 13.2 Å². The zero-order valence-electron chi connectivity index (χ0n) is 8.88. The molecule has 6 heteroatoms. The van der Waals surface area contributed by atoms with E-state index in [4.69, 9.17) is 0 Å². The quantitative estimate of drug-likeness (QED) is 0.833. The Balaban J connectivity index is 2.55. The van der Waals surface area contributed by atoms with Crippen molar-refractivity contribution in [1.29, 1.82) is 0 Å². The van der Waals surface area contributed by atoms with Crippen LogP contribution in [0.4, 0.5) is 13.2 Å². The summed E-state index contributed by atoms with van der Waals surface area (Å²) >= 11 is 2.97. The van der Waals surface area contributed by atoms with Gasteiger partial charge in [0.25, 0.3) is 0 Å². The van der Waals surface area contributed by atoms with E-state index in [1.807, 2.05) is 0 Å². The van der Waals surface area contributed by atoms with Gasteiger partial charge in [0.05, 0.1) is 5.56 Å². The maximum Gasteiger partial charge on any atom is 0.417 e. The van der Waals surface area contributed by atoms with Crippen molar-refractivity contribution in [2.24, 2.45) is 0 Å². The lowest BCUT2D eigenvalue weighted by Gasteiger charge is -2.12. The Kier molecular flexibility index (Phi) is 3.30. The number of alkyl halides is 3. The highest BCUT2D eigenvalue weighted by atomic mass is 79.9. The van der Waals surface area contributed by atoms with E-state index in [2.05, 4.69) is 20.9 Å². The highest BCUT2D eigenvalue weighted by Gasteiger charge is 2.35. The molecule has 0 fully saturated rings. The van der Waals surface area contributed by atoms with E-state index in [0.717, 1.165) is 6.07 Å². The van der Waals surface area contributed by atoms with Crippen LogP contribution in [0.1, 0.15) is 21.5 Å². The van der Waals surface area contributed by atoms with Crippen molar-refractivity contribution in [2.75, 3.05) is 0 Å². The van der Waals surface area contributed by atoms with Crippen LogP contribution in [0.5, 0.6) is 0 Å². The maximum atomic E-state index is 12.8. The number of hydrogen-bond donors (Lipinski definition) is 1. The third kappa shape index (κ3) is 2.48. The lowest BCUT2D eigenvalue weighted by Crippen LogP contribution is -2.13. The number of H-pyrrole nitrogens is 1. The number of halogens is 4. The minimum Gasteiger partial charge on any atom is -0.367 e. The van der Waals surface area contributed by atoms with Crippen molar-refractivity contribution in [3.63, 3.8) is 0 Å². The number of nitrogens with one attached hydrogen (secondary N) is 1. The average Bonchev–Trinajstić information content (AvgIpc) is 2.80. The van der Waals surface area contributed by atoms with Crippen molar-refractivity contribution >= 4 is 21.7 Å². The molecule has 1 aromatic heterocycles. The van der Waals surface area contributed by atoms with Crippen LogP contribution in [0.25, 0.3) is 0 Å². The van der Waals surface area contributed by atoms with Crippen LogP contribution in [-0.2, 0) is 6.18 Å². The second-order valence-electron chi connectivity index (χ2n) is 3.62. The van der Waals surface area contributed by atoms with Crippen LogP contribution >= 0.6 is 15.9 Å². The summed E-state index contributed by atoms with van der Waals surface area (Å²) in [6.45, 7) is 0. The van der Waals surface area contributed by atoms with Crippen molar-refractivity contribution in [3.8, 4) is 0 Å². The Morgan fingerprint density at radius 1 is 1.22 bits per heavy atom. The van der Waals surface area contributed by atoms with Gasteiger partial charge in [0, 0.05) is 28.0 Å². The molecule has 0 aliphatic rings. The van der Waals surface area contributed by atoms with Crippen LogP contribution in [0.3, 0.4) is 0 Å². The van der Waals surface area contributed by atoms with E-state index in [0.29, 0.717) is 0 Å². The molecule has 0 saturated carbocycles. The summed E-state index contributed by atoms with van der Waals surface area (Å²) in [5.74, 6) is -0.656. The molecule has 2 nitrogen and oxygen atoms in total. The minimum absolute atomic E-state index is 0.197. The Hall–Kier alpha value is -1.56. The van der Waals surface area contributed by atoms with Gasteiger partial charge in [0.2, 0.25) is 0 Å². The zero-order valence-corrected chi connectivity index (χ0v) is 10.5. The first kappa shape index (κ1) is 12.9. The molecule has 0 saturated heterocycles. The van der Waals surface area contributed by atoms with Crippen LogP contribution in [0, 0.1) is 0 Å². The lowest BCUT2D eigenvalue weighted by atomic mass is 10.00. The number of ketones is 1. The molecule has 2 rings (SSSR count). The van der Waals surface area contributed by atoms with Crippen LogP contribution in [0.15, 0.2) is 41.1 Å². The Morgan fingerprint density at radius 2 is 1.94 bits per heavy atom. The molecule has 0 amide bonds. The summed E-state index contributed by atoms with van der Waals surface area (Å²) in [5, 5.41) is 0. The van der Waals surface area contributed by atoms with Crippen molar-refractivity contribution < 1.29 is 18.0 Å². The highest BCUT2D eigenvalue weighted by molar-refractivity contribution is 9.10. The number of aromatic amines is 1. The van der Waals surface area contributed by atoms with E-state index < -0.39 is 17.5 Å². The van der Waals surface area contributed by atoms with E-state index in [1.165, 1.54) is 30.6 Å². The summed E-state index contributed by atoms with van der Waals surface area (Å²) in [6.07, 6.45) is -1.71.